The number of hydrogen-bond donors (Lipinski definition) is 1. The average molecular weight is 321 g/mol. The molecule has 0 saturated carbocycles. The Hall–Kier alpha value is -0.960. The van der Waals surface area contributed by atoms with Crippen LogP contribution >= 0.6 is 11.3 Å². The minimum Gasteiger partial charge on any atom is -0.465 e. The molecule has 6 nitrogen and oxygen atoms in total. The van der Waals surface area contributed by atoms with Gasteiger partial charge in [0, 0.05) is 7.05 Å². The highest BCUT2D eigenvalue weighted by Crippen LogP contribution is 2.32. The van der Waals surface area contributed by atoms with Gasteiger partial charge in [0.25, 0.3) is 0 Å². The van der Waals surface area contributed by atoms with Gasteiger partial charge in [-0.1, -0.05) is 0 Å². The number of carbonyl (C=O) groups excluding carboxylic acids is 1. The first-order chi connectivity index (χ1) is 9.09. The van der Waals surface area contributed by atoms with Crippen molar-refractivity contribution in [2.75, 3.05) is 20.8 Å². The minimum atomic E-state index is -3.90. The number of ether oxygens (including phenoxy) is 1. The number of sulfonamides is 1. The summed E-state index contributed by atoms with van der Waals surface area (Å²) >= 11 is 1.03. The van der Waals surface area contributed by atoms with Crippen LogP contribution in [0.3, 0.4) is 0 Å². The predicted molar refractivity (Wildman–Crippen MR) is 76.5 cm³/mol. The second-order valence-electron chi connectivity index (χ2n) is 5.01. The monoisotopic (exact) mass is 321 g/mol. The van der Waals surface area contributed by atoms with Crippen LogP contribution in [-0.2, 0) is 14.8 Å². The molecule has 1 N–H and O–H groups in total. The lowest BCUT2D eigenvalue weighted by atomic mass is 10.1. The Kier molecular flexibility index (Phi) is 4.96. The Labute approximate surface area is 123 Å². The van der Waals surface area contributed by atoms with Crippen molar-refractivity contribution in [3.63, 3.8) is 0 Å². The fourth-order valence-corrected chi connectivity index (χ4v) is 4.71. The fraction of sp³-hybridized carbons (Fsp3) is 0.583. The van der Waals surface area contributed by atoms with E-state index >= 15 is 0 Å². The SMILES string of the molecule is COC(=O)c1scc(C)c1S(=O)(=O)N(C)C(C)(C)CO. The van der Waals surface area contributed by atoms with Gasteiger partial charge in [0.1, 0.15) is 9.77 Å². The number of aryl methyl sites for hydroxylation is 1. The molecule has 0 fully saturated rings. The summed E-state index contributed by atoms with van der Waals surface area (Å²) in [7, 11) is -1.32. The molecule has 1 rings (SSSR count). The van der Waals surface area contributed by atoms with Crippen LogP contribution < -0.4 is 0 Å². The van der Waals surface area contributed by atoms with Crippen LogP contribution in [-0.4, -0.2) is 50.1 Å². The lowest BCUT2D eigenvalue weighted by molar-refractivity contribution is 0.0601. The molecule has 1 aromatic rings. The van der Waals surface area contributed by atoms with Crippen molar-refractivity contribution < 1.29 is 23.1 Å². The van der Waals surface area contributed by atoms with Crippen LogP contribution in [0.15, 0.2) is 10.3 Å². The maximum absolute atomic E-state index is 12.7. The summed E-state index contributed by atoms with van der Waals surface area (Å²) in [5, 5.41) is 10.9. The fourth-order valence-electron chi connectivity index (χ4n) is 1.55. The Morgan fingerprint density at radius 3 is 2.50 bits per heavy atom. The van der Waals surface area contributed by atoms with Gasteiger partial charge >= 0.3 is 5.97 Å². The van der Waals surface area contributed by atoms with Crippen molar-refractivity contribution in [2.45, 2.75) is 31.2 Å². The summed E-state index contributed by atoms with van der Waals surface area (Å²) in [6.45, 7) is 4.49. The summed E-state index contributed by atoms with van der Waals surface area (Å²) in [6, 6.07) is 0. The van der Waals surface area contributed by atoms with Gasteiger partial charge in [-0.2, -0.15) is 4.31 Å². The number of aliphatic hydroxyl groups excluding tert-OH is 1. The molecule has 1 aromatic heterocycles. The first-order valence-electron chi connectivity index (χ1n) is 5.86. The maximum Gasteiger partial charge on any atom is 0.349 e. The molecule has 8 heteroatoms. The smallest absolute Gasteiger partial charge is 0.349 e. The van der Waals surface area contributed by atoms with E-state index in [-0.39, 0.29) is 16.4 Å². The van der Waals surface area contributed by atoms with Crippen LogP contribution in [0.5, 0.6) is 0 Å². The van der Waals surface area contributed by atoms with Gasteiger partial charge in [-0.05, 0) is 31.7 Å². The third-order valence-corrected chi connectivity index (χ3v) is 6.61. The quantitative estimate of drug-likeness (QED) is 0.825. The molecule has 0 atom stereocenters. The topological polar surface area (TPSA) is 83.9 Å². The highest BCUT2D eigenvalue weighted by Gasteiger charge is 2.37. The third-order valence-electron chi connectivity index (χ3n) is 3.15. The second-order valence-corrected chi connectivity index (χ2v) is 7.80. The Bertz CT molecular complexity index is 603. The van der Waals surface area contributed by atoms with Crippen LogP contribution in [0.4, 0.5) is 0 Å². The molecular weight excluding hydrogens is 302 g/mol. The van der Waals surface area contributed by atoms with E-state index < -0.39 is 21.5 Å². The number of likely N-dealkylation sites (N-methyl/N-ethyl adjacent to an activating group) is 1. The lowest BCUT2D eigenvalue weighted by Gasteiger charge is -2.32. The number of thiophene rings is 1. The van der Waals surface area contributed by atoms with Crippen LogP contribution in [0.2, 0.25) is 0 Å². The summed E-state index contributed by atoms with van der Waals surface area (Å²) in [5.74, 6) is -0.683. The van der Waals surface area contributed by atoms with E-state index in [1.807, 2.05) is 0 Å². The van der Waals surface area contributed by atoms with E-state index in [0.717, 1.165) is 15.6 Å². The van der Waals surface area contributed by atoms with Crippen molar-refractivity contribution in [1.29, 1.82) is 0 Å². The van der Waals surface area contributed by atoms with E-state index in [1.165, 1.54) is 14.2 Å². The van der Waals surface area contributed by atoms with E-state index in [0.29, 0.717) is 5.56 Å². The zero-order valence-corrected chi connectivity index (χ0v) is 13.8. The molecule has 0 spiro atoms. The highest BCUT2D eigenvalue weighted by atomic mass is 32.2. The molecule has 0 aliphatic heterocycles. The maximum atomic E-state index is 12.7. The Balaban J connectivity index is 3.44. The Morgan fingerprint density at radius 2 is 2.05 bits per heavy atom. The molecule has 0 aliphatic rings. The summed E-state index contributed by atoms with van der Waals surface area (Å²) in [6.07, 6.45) is 0. The van der Waals surface area contributed by atoms with Crippen LogP contribution in [0, 0.1) is 6.92 Å². The van der Waals surface area contributed by atoms with Crippen LogP contribution in [0.1, 0.15) is 29.1 Å². The molecule has 0 bridgehead atoms. The summed E-state index contributed by atoms with van der Waals surface area (Å²) < 4.78 is 31.0. The molecule has 20 heavy (non-hydrogen) atoms. The Morgan fingerprint density at radius 1 is 1.50 bits per heavy atom. The van der Waals surface area contributed by atoms with Crippen molar-refractivity contribution >= 4 is 27.3 Å². The third kappa shape index (κ3) is 2.88. The molecule has 0 aromatic carbocycles. The molecule has 0 aliphatic carbocycles. The van der Waals surface area contributed by atoms with Gasteiger partial charge in [0.2, 0.25) is 10.0 Å². The number of rotatable bonds is 5. The number of hydrogen-bond acceptors (Lipinski definition) is 6. The van der Waals surface area contributed by atoms with Crippen molar-refractivity contribution in [3.05, 3.63) is 15.8 Å². The number of esters is 1. The zero-order chi connectivity index (χ0) is 15.7. The average Bonchev–Trinajstić information content (AvgIpc) is 2.79. The zero-order valence-electron chi connectivity index (χ0n) is 12.1. The number of carbonyl (C=O) groups is 1. The van der Waals surface area contributed by atoms with Gasteiger partial charge in [0.15, 0.2) is 0 Å². The molecule has 0 unspecified atom stereocenters. The largest absolute Gasteiger partial charge is 0.465 e. The molecule has 114 valence electrons. The summed E-state index contributed by atoms with van der Waals surface area (Å²) in [5.41, 5.74) is -0.489. The van der Waals surface area contributed by atoms with Gasteiger partial charge in [0.05, 0.1) is 19.3 Å². The predicted octanol–water partition coefficient (Wildman–Crippen LogP) is 1.23. The second kappa shape index (κ2) is 5.80. The minimum absolute atomic E-state index is 0.0468. The van der Waals surface area contributed by atoms with Gasteiger partial charge in [-0.3, -0.25) is 0 Å². The van der Waals surface area contributed by atoms with Gasteiger partial charge < -0.3 is 9.84 Å². The van der Waals surface area contributed by atoms with E-state index in [1.54, 1.807) is 26.2 Å². The summed E-state index contributed by atoms with van der Waals surface area (Å²) in [4.78, 5) is 11.7. The molecule has 0 saturated heterocycles. The van der Waals surface area contributed by atoms with E-state index in [9.17, 15) is 18.3 Å². The molecular formula is C12H19NO5S2. The first-order valence-corrected chi connectivity index (χ1v) is 8.18. The highest BCUT2D eigenvalue weighted by molar-refractivity contribution is 7.89. The van der Waals surface area contributed by atoms with Crippen molar-refractivity contribution in [2.24, 2.45) is 0 Å². The first kappa shape index (κ1) is 17.1. The van der Waals surface area contributed by atoms with Crippen LogP contribution in [0.25, 0.3) is 0 Å². The lowest BCUT2D eigenvalue weighted by Crippen LogP contribution is -2.47. The van der Waals surface area contributed by atoms with Gasteiger partial charge in [-0.15, -0.1) is 11.3 Å². The van der Waals surface area contributed by atoms with Crippen molar-refractivity contribution in [3.8, 4) is 0 Å². The molecule has 0 radical (unpaired) electrons. The normalized spacial score (nSPS) is 12.8. The number of aliphatic hydroxyl groups is 1. The molecule has 0 amide bonds. The number of methoxy groups -OCH3 is 1. The van der Waals surface area contributed by atoms with E-state index in [4.69, 9.17) is 0 Å². The molecule has 1 heterocycles. The number of nitrogens with zero attached hydrogens (tertiary/aromatic N) is 1. The standard InChI is InChI=1S/C12H19NO5S2/c1-8-6-19-9(11(15)18-5)10(8)20(16,17)13(4)12(2,3)7-14/h6,14H,7H2,1-5H3. The van der Waals surface area contributed by atoms with E-state index in [2.05, 4.69) is 4.74 Å². The van der Waals surface area contributed by atoms with Gasteiger partial charge in [-0.25, -0.2) is 13.2 Å². The van der Waals surface area contributed by atoms with Crippen molar-refractivity contribution in [1.82, 2.24) is 4.31 Å².